The van der Waals surface area contributed by atoms with Crippen molar-refractivity contribution in [3.8, 4) is 0 Å². The third-order valence-electron chi connectivity index (χ3n) is 3.17. The fraction of sp³-hybridized carbons (Fsp3) is 1.00. The van der Waals surface area contributed by atoms with E-state index in [-0.39, 0.29) is 0 Å². The van der Waals surface area contributed by atoms with Crippen molar-refractivity contribution in [2.45, 2.75) is 51.2 Å². The molecule has 1 atom stereocenters. The van der Waals surface area contributed by atoms with E-state index < -0.39 is 0 Å². The molecule has 1 saturated carbocycles. The number of methoxy groups -OCH3 is 1. The molecule has 0 bridgehead atoms. The van der Waals surface area contributed by atoms with E-state index >= 15 is 0 Å². The van der Waals surface area contributed by atoms with Gasteiger partial charge in [0.2, 0.25) is 0 Å². The molecule has 1 unspecified atom stereocenters. The van der Waals surface area contributed by atoms with Crippen LogP contribution in [-0.4, -0.2) is 38.9 Å². The summed E-state index contributed by atoms with van der Waals surface area (Å²) >= 11 is 0. The van der Waals surface area contributed by atoms with Gasteiger partial charge in [-0.15, -0.1) is 0 Å². The standard InChI is InChI=1S/C12H26N2O/c1-11(15-2)10-13-8-9-14-12-6-4-3-5-7-12/h11-14H,3-10H2,1-2H3. The highest BCUT2D eigenvalue weighted by Gasteiger charge is 2.11. The summed E-state index contributed by atoms with van der Waals surface area (Å²) in [5, 5.41) is 7.00. The van der Waals surface area contributed by atoms with Crippen LogP contribution >= 0.6 is 0 Å². The lowest BCUT2D eigenvalue weighted by Gasteiger charge is -2.23. The summed E-state index contributed by atoms with van der Waals surface area (Å²) in [6, 6.07) is 0.778. The predicted molar refractivity (Wildman–Crippen MR) is 64.2 cm³/mol. The Balaban J connectivity index is 1.87. The molecule has 3 nitrogen and oxygen atoms in total. The summed E-state index contributed by atoms with van der Waals surface area (Å²) in [7, 11) is 1.76. The van der Waals surface area contributed by atoms with Gasteiger partial charge in [0, 0.05) is 32.8 Å². The SMILES string of the molecule is COC(C)CNCCNC1CCCCC1. The van der Waals surface area contributed by atoms with Crippen LogP contribution in [0, 0.1) is 0 Å². The predicted octanol–water partition coefficient (Wildman–Crippen LogP) is 1.53. The first-order valence-electron chi connectivity index (χ1n) is 6.30. The molecule has 2 N–H and O–H groups in total. The van der Waals surface area contributed by atoms with Crippen LogP contribution < -0.4 is 10.6 Å². The van der Waals surface area contributed by atoms with E-state index in [4.69, 9.17) is 4.74 Å². The Morgan fingerprint density at radius 3 is 2.60 bits per heavy atom. The van der Waals surface area contributed by atoms with E-state index in [2.05, 4.69) is 17.6 Å². The topological polar surface area (TPSA) is 33.3 Å². The zero-order valence-electron chi connectivity index (χ0n) is 10.2. The van der Waals surface area contributed by atoms with Gasteiger partial charge in [0.1, 0.15) is 0 Å². The second-order valence-electron chi connectivity index (χ2n) is 4.54. The van der Waals surface area contributed by atoms with Gasteiger partial charge in [-0.05, 0) is 19.8 Å². The van der Waals surface area contributed by atoms with Crippen LogP contribution in [0.25, 0.3) is 0 Å². The normalized spacial score (nSPS) is 20.4. The van der Waals surface area contributed by atoms with Gasteiger partial charge in [0.25, 0.3) is 0 Å². The Kier molecular flexibility index (Phi) is 6.98. The Morgan fingerprint density at radius 1 is 1.20 bits per heavy atom. The van der Waals surface area contributed by atoms with Gasteiger partial charge >= 0.3 is 0 Å². The van der Waals surface area contributed by atoms with Crippen LogP contribution in [0.4, 0.5) is 0 Å². The average molecular weight is 214 g/mol. The third kappa shape index (κ3) is 6.13. The van der Waals surface area contributed by atoms with Crippen molar-refractivity contribution >= 4 is 0 Å². The molecule has 3 heteroatoms. The molecule has 1 fully saturated rings. The van der Waals surface area contributed by atoms with Crippen LogP contribution in [0.5, 0.6) is 0 Å². The molecule has 90 valence electrons. The summed E-state index contributed by atoms with van der Waals surface area (Å²) in [5.41, 5.74) is 0. The van der Waals surface area contributed by atoms with E-state index in [1.54, 1.807) is 7.11 Å². The van der Waals surface area contributed by atoms with Gasteiger partial charge in [-0.25, -0.2) is 0 Å². The summed E-state index contributed by atoms with van der Waals surface area (Å²) in [5.74, 6) is 0. The van der Waals surface area contributed by atoms with Crippen molar-refractivity contribution in [2.24, 2.45) is 0 Å². The minimum absolute atomic E-state index is 0.319. The molecule has 1 aliphatic rings. The summed E-state index contributed by atoms with van der Waals surface area (Å²) in [6.07, 6.45) is 7.31. The first-order valence-corrected chi connectivity index (χ1v) is 6.30. The molecule has 0 radical (unpaired) electrons. The van der Waals surface area contributed by atoms with E-state index in [1.165, 1.54) is 32.1 Å². The minimum Gasteiger partial charge on any atom is -0.380 e. The second kappa shape index (κ2) is 8.08. The molecule has 0 aromatic rings. The largest absolute Gasteiger partial charge is 0.380 e. The summed E-state index contributed by atoms with van der Waals surface area (Å²) in [6.45, 7) is 5.16. The third-order valence-corrected chi connectivity index (χ3v) is 3.17. The maximum atomic E-state index is 5.16. The van der Waals surface area contributed by atoms with Crippen LogP contribution in [0.3, 0.4) is 0 Å². The summed E-state index contributed by atoms with van der Waals surface area (Å²) in [4.78, 5) is 0. The Morgan fingerprint density at radius 2 is 1.93 bits per heavy atom. The van der Waals surface area contributed by atoms with Gasteiger partial charge in [-0.1, -0.05) is 19.3 Å². The van der Waals surface area contributed by atoms with Crippen molar-refractivity contribution in [2.75, 3.05) is 26.7 Å². The zero-order valence-corrected chi connectivity index (χ0v) is 10.2. The Hall–Kier alpha value is -0.120. The second-order valence-corrected chi connectivity index (χ2v) is 4.54. The maximum Gasteiger partial charge on any atom is 0.0667 e. The molecular weight excluding hydrogens is 188 g/mol. The number of nitrogens with one attached hydrogen (secondary N) is 2. The molecule has 0 aliphatic heterocycles. The molecule has 0 saturated heterocycles. The van der Waals surface area contributed by atoms with Gasteiger partial charge in [-0.2, -0.15) is 0 Å². The minimum atomic E-state index is 0.319. The van der Waals surface area contributed by atoms with Gasteiger partial charge in [0.05, 0.1) is 6.10 Å². The van der Waals surface area contributed by atoms with Crippen LogP contribution in [0.2, 0.25) is 0 Å². The van der Waals surface area contributed by atoms with Gasteiger partial charge in [-0.3, -0.25) is 0 Å². The highest BCUT2D eigenvalue weighted by molar-refractivity contribution is 4.72. The highest BCUT2D eigenvalue weighted by Crippen LogP contribution is 2.16. The zero-order chi connectivity index (χ0) is 10.9. The monoisotopic (exact) mass is 214 g/mol. The molecule has 0 heterocycles. The lowest BCUT2D eigenvalue weighted by molar-refractivity contribution is 0.117. The van der Waals surface area contributed by atoms with Crippen molar-refractivity contribution in [1.82, 2.24) is 10.6 Å². The van der Waals surface area contributed by atoms with Crippen LogP contribution in [-0.2, 0) is 4.74 Å². The number of hydrogen-bond donors (Lipinski definition) is 2. The van der Waals surface area contributed by atoms with Crippen molar-refractivity contribution < 1.29 is 4.74 Å². The molecule has 0 aromatic heterocycles. The van der Waals surface area contributed by atoms with Gasteiger partial charge in [0.15, 0.2) is 0 Å². The van der Waals surface area contributed by atoms with Crippen LogP contribution in [0.1, 0.15) is 39.0 Å². The number of rotatable bonds is 7. The van der Waals surface area contributed by atoms with Crippen molar-refractivity contribution in [3.63, 3.8) is 0 Å². The van der Waals surface area contributed by atoms with E-state index in [0.717, 1.165) is 25.7 Å². The van der Waals surface area contributed by atoms with E-state index in [9.17, 15) is 0 Å². The highest BCUT2D eigenvalue weighted by atomic mass is 16.5. The number of hydrogen-bond acceptors (Lipinski definition) is 3. The first-order chi connectivity index (χ1) is 7.33. The van der Waals surface area contributed by atoms with Crippen LogP contribution in [0.15, 0.2) is 0 Å². The first kappa shape index (κ1) is 12.9. The maximum absolute atomic E-state index is 5.16. The smallest absolute Gasteiger partial charge is 0.0667 e. The molecular formula is C12H26N2O. The fourth-order valence-electron chi connectivity index (χ4n) is 2.06. The lowest BCUT2D eigenvalue weighted by Crippen LogP contribution is -2.38. The fourth-order valence-corrected chi connectivity index (χ4v) is 2.06. The van der Waals surface area contributed by atoms with E-state index in [0.29, 0.717) is 6.10 Å². The Labute approximate surface area is 94.0 Å². The van der Waals surface area contributed by atoms with E-state index in [1.807, 2.05) is 0 Å². The Bertz CT molecular complexity index is 147. The lowest BCUT2D eigenvalue weighted by atomic mass is 9.95. The number of ether oxygens (including phenoxy) is 1. The molecule has 15 heavy (non-hydrogen) atoms. The quantitative estimate of drug-likeness (QED) is 0.631. The molecule has 0 aromatic carbocycles. The molecule has 0 spiro atoms. The molecule has 1 rings (SSSR count). The molecule has 0 amide bonds. The summed E-state index contributed by atoms with van der Waals surface area (Å²) < 4.78 is 5.16. The molecule has 1 aliphatic carbocycles. The van der Waals surface area contributed by atoms with Crippen molar-refractivity contribution in [1.29, 1.82) is 0 Å². The van der Waals surface area contributed by atoms with Gasteiger partial charge < -0.3 is 15.4 Å². The average Bonchev–Trinajstić information content (AvgIpc) is 2.29. The van der Waals surface area contributed by atoms with Crippen molar-refractivity contribution in [3.05, 3.63) is 0 Å².